The monoisotopic (exact) mass is 321 g/mol. The Balaban J connectivity index is 0. The van der Waals surface area contributed by atoms with Gasteiger partial charge in [-0.3, -0.25) is 13.7 Å². The number of rotatable bonds is 4. The van der Waals surface area contributed by atoms with Gasteiger partial charge >= 0.3 is 0 Å². The average Bonchev–Trinajstić information content (AvgIpc) is 2.07. The van der Waals surface area contributed by atoms with Crippen molar-refractivity contribution in [2.24, 2.45) is 0 Å². The first-order valence-corrected chi connectivity index (χ1v) is 8.23. The molecule has 0 radical (unpaired) electrons. The molecule has 0 bridgehead atoms. The molecule has 14 heavy (non-hydrogen) atoms. The van der Waals surface area contributed by atoms with E-state index in [9.17, 15) is 0 Å². The lowest BCUT2D eigenvalue weighted by Gasteiger charge is -2.34. The van der Waals surface area contributed by atoms with E-state index in [1.54, 1.807) is 0 Å². The summed E-state index contributed by atoms with van der Waals surface area (Å²) in [4.78, 5) is 0. The molecule has 0 atom stereocenters. The Morgan fingerprint density at radius 2 is 0.857 bits per heavy atom. The van der Waals surface area contributed by atoms with E-state index in [1.165, 1.54) is 30.7 Å². The van der Waals surface area contributed by atoms with Gasteiger partial charge in [0, 0.05) is 0 Å². The predicted molar refractivity (Wildman–Crippen MR) is 42.4 cm³/mol. The molecule has 0 aliphatic carbocycles. The van der Waals surface area contributed by atoms with Gasteiger partial charge in [-0.2, -0.15) is 0 Å². The minimum absolute atomic E-state index is 1.28. The summed E-state index contributed by atoms with van der Waals surface area (Å²) in [6.07, 6.45) is 0. The molecule has 0 aromatic heterocycles. The lowest BCUT2D eigenvalue weighted by atomic mass is 10.3. The second kappa shape index (κ2) is 7.77. The van der Waals surface area contributed by atoms with Gasteiger partial charge in [-0.05, 0) is 27.7 Å². The fourth-order valence-corrected chi connectivity index (χ4v) is 1.34. The van der Waals surface area contributed by atoms with Gasteiger partial charge < -0.3 is 4.48 Å². The van der Waals surface area contributed by atoms with E-state index in [1.807, 2.05) is 0 Å². The summed E-state index contributed by atoms with van der Waals surface area (Å²) in [5.41, 5.74) is 0. The maximum absolute atomic E-state index is 8.62. The van der Waals surface area contributed by atoms with Gasteiger partial charge in [0.05, 0.1) is 26.2 Å². The normalized spacial score (nSPS) is 12.0. The third-order valence-corrected chi connectivity index (χ3v) is 2.68. The fraction of sp³-hybridized carbons (Fsp3) is 1.00. The zero-order valence-corrected chi connectivity index (χ0v) is 11.4. The van der Waals surface area contributed by atoms with E-state index in [0.29, 0.717) is 0 Å². The molecule has 0 heterocycles. The number of halogens is 1. The Morgan fingerprint density at radius 1 is 0.714 bits per heavy atom. The molecule has 0 aliphatic heterocycles. The summed E-state index contributed by atoms with van der Waals surface area (Å²) in [6, 6.07) is 0. The van der Waals surface area contributed by atoms with Gasteiger partial charge in [0.1, 0.15) is 20.1 Å². The van der Waals surface area contributed by atoms with E-state index in [4.69, 9.17) is 13.7 Å². The molecular formula is C8H20INO4. The van der Waals surface area contributed by atoms with Crippen molar-refractivity contribution >= 4 is 0 Å². The second-order valence-corrected chi connectivity index (χ2v) is 5.14. The molecule has 6 heteroatoms. The molecule has 5 nitrogen and oxygen atoms in total. The molecule has 0 aliphatic rings. The quantitative estimate of drug-likeness (QED) is 0.381. The maximum atomic E-state index is 8.62. The third kappa shape index (κ3) is 10.6. The summed E-state index contributed by atoms with van der Waals surface area (Å²) in [5.74, 6) is 0. The van der Waals surface area contributed by atoms with Crippen molar-refractivity contribution in [2.75, 3.05) is 26.2 Å². The molecule has 0 saturated heterocycles. The molecule has 0 unspecified atom stereocenters. The van der Waals surface area contributed by atoms with Crippen LogP contribution in [-0.2, 0) is 0 Å². The number of hydrogen-bond acceptors (Lipinski definition) is 4. The second-order valence-electron chi connectivity index (χ2n) is 2.98. The molecule has 0 rings (SSSR count). The Morgan fingerprint density at radius 3 is 0.857 bits per heavy atom. The van der Waals surface area contributed by atoms with Gasteiger partial charge in [-0.25, -0.2) is 0 Å². The largest absolute Gasteiger partial charge is 0.325 e. The molecule has 88 valence electrons. The van der Waals surface area contributed by atoms with Crippen LogP contribution >= 0.6 is 0 Å². The van der Waals surface area contributed by atoms with Gasteiger partial charge in [0.15, 0.2) is 0 Å². The average molecular weight is 321 g/mol. The highest BCUT2D eigenvalue weighted by atomic mass is 127. The third-order valence-electron chi connectivity index (χ3n) is 2.68. The molecule has 0 aromatic rings. The zero-order valence-electron chi connectivity index (χ0n) is 9.29. The van der Waals surface area contributed by atoms with Gasteiger partial charge in [0.25, 0.3) is 0 Å². The summed E-state index contributed by atoms with van der Waals surface area (Å²) in [6.45, 7) is 14.2. The first-order chi connectivity index (χ1) is 6.24. The summed E-state index contributed by atoms with van der Waals surface area (Å²) in [7, 11) is 0. The minimum Gasteiger partial charge on any atom is -0.325 e. The van der Waals surface area contributed by atoms with Crippen molar-refractivity contribution in [1.29, 1.82) is 0 Å². The van der Waals surface area contributed by atoms with Crippen molar-refractivity contribution in [1.82, 2.24) is 0 Å². The summed E-state index contributed by atoms with van der Waals surface area (Å²) in [5, 5.41) is 0. The van der Waals surface area contributed by atoms with Crippen molar-refractivity contribution in [3.05, 3.63) is 0 Å². The highest BCUT2D eigenvalue weighted by Crippen LogP contribution is 2.03. The van der Waals surface area contributed by atoms with Crippen molar-refractivity contribution in [3.63, 3.8) is 0 Å². The Bertz CT molecular complexity index is 110. The van der Waals surface area contributed by atoms with Crippen LogP contribution in [0.4, 0.5) is 0 Å². The van der Waals surface area contributed by atoms with Crippen LogP contribution in [0.1, 0.15) is 27.7 Å². The van der Waals surface area contributed by atoms with E-state index in [-0.39, 0.29) is 0 Å². The van der Waals surface area contributed by atoms with Gasteiger partial charge in [-0.1, -0.05) is 0 Å². The topological polar surface area (TPSA) is 92.2 Å². The summed E-state index contributed by atoms with van der Waals surface area (Å²) < 4.78 is 35.7. The lowest BCUT2D eigenvalue weighted by Crippen LogP contribution is -4.29. The maximum Gasteiger partial charge on any atom is 0.144 e. The van der Waals surface area contributed by atoms with Crippen LogP contribution in [0.2, 0.25) is 0 Å². The van der Waals surface area contributed by atoms with Crippen LogP contribution < -0.4 is 33.8 Å². The van der Waals surface area contributed by atoms with Crippen LogP contribution in [0.5, 0.6) is 0 Å². The number of nitrogens with zero attached hydrogens (tertiary/aromatic N) is 1. The van der Waals surface area contributed by atoms with Crippen molar-refractivity contribution < 1.29 is 38.3 Å². The molecule has 0 N–H and O–H groups in total. The van der Waals surface area contributed by atoms with E-state index in [0.717, 1.165) is 0 Å². The number of hydrogen-bond donors (Lipinski definition) is 0. The van der Waals surface area contributed by atoms with Crippen molar-refractivity contribution in [3.8, 4) is 0 Å². The predicted octanol–water partition coefficient (Wildman–Crippen LogP) is -5.87. The first kappa shape index (κ1) is 16.9. The highest BCUT2D eigenvalue weighted by molar-refractivity contribution is 4.31. The lowest BCUT2D eigenvalue weighted by molar-refractivity contribution is -2.00. The first-order valence-electron chi connectivity index (χ1n) is 4.71. The molecule has 0 spiro atoms. The smallest absolute Gasteiger partial charge is 0.144 e. The Hall–Kier alpha value is 0.530. The van der Waals surface area contributed by atoms with Gasteiger partial charge in [0.2, 0.25) is 0 Å². The minimum atomic E-state index is -5.94. The highest BCUT2D eigenvalue weighted by Gasteiger charge is 2.16. The molecule has 0 amide bonds. The van der Waals surface area contributed by atoms with Crippen LogP contribution in [0.25, 0.3) is 0 Å². The Labute approximate surface area is 92.3 Å². The zero-order chi connectivity index (χ0) is 11.8. The fourth-order valence-electron chi connectivity index (χ4n) is 1.34. The number of quaternary nitrogens is 1. The molecule has 0 aromatic carbocycles. The molecule has 0 saturated carbocycles. The van der Waals surface area contributed by atoms with Crippen molar-refractivity contribution in [2.45, 2.75) is 27.7 Å². The van der Waals surface area contributed by atoms with E-state index in [2.05, 4.69) is 27.7 Å². The summed E-state index contributed by atoms with van der Waals surface area (Å²) >= 11 is -5.94. The van der Waals surface area contributed by atoms with Crippen LogP contribution in [-0.4, -0.2) is 30.7 Å². The molecular weight excluding hydrogens is 301 g/mol. The standard InChI is InChI=1S/C8H20N.IO4/c1-5-9(6-2,7-3)8-4;2-1(3,4)5/h5-8H2,1-4H3;/q+1;-1. The van der Waals surface area contributed by atoms with Crippen LogP contribution in [0.3, 0.4) is 0 Å². The van der Waals surface area contributed by atoms with Gasteiger partial charge in [-0.15, -0.1) is 0 Å². The van der Waals surface area contributed by atoms with Crippen LogP contribution in [0, 0.1) is 0 Å². The van der Waals surface area contributed by atoms with E-state index < -0.39 is 20.1 Å². The Kier molecular flexibility index (Phi) is 9.41. The molecule has 0 fully saturated rings. The SMILES string of the molecule is CC[N+](CC)(CC)CC.[O-][I+3]([O-])([O-])[O-]. The van der Waals surface area contributed by atoms with E-state index >= 15 is 0 Å². The van der Waals surface area contributed by atoms with Crippen LogP contribution in [0.15, 0.2) is 0 Å².